The van der Waals surface area contributed by atoms with Crippen LogP contribution in [0.3, 0.4) is 0 Å². The van der Waals surface area contributed by atoms with Crippen LogP contribution in [0.25, 0.3) is 0 Å². The van der Waals surface area contributed by atoms with Crippen LogP contribution in [-0.2, 0) is 11.3 Å². The van der Waals surface area contributed by atoms with Gasteiger partial charge in [-0.05, 0) is 24.5 Å². The highest BCUT2D eigenvalue weighted by Crippen LogP contribution is 2.16. The minimum atomic E-state index is -0.688. The van der Waals surface area contributed by atoms with Gasteiger partial charge in [-0.25, -0.2) is 4.79 Å². The molecule has 0 aromatic carbocycles. The fraction of sp³-hybridized carbons (Fsp3) is 0.375. The van der Waals surface area contributed by atoms with E-state index in [2.05, 4.69) is 9.97 Å². The van der Waals surface area contributed by atoms with Crippen LogP contribution in [0, 0.1) is 0 Å². The third kappa shape index (κ3) is 3.96. The van der Waals surface area contributed by atoms with E-state index in [1.165, 1.54) is 0 Å². The first-order valence-corrected chi connectivity index (χ1v) is 7.75. The molecule has 1 saturated heterocycles. The molecule has 24 heavy (non-hydrogen) atoms. The summed E-state index contributed by atoms with van der Waals surface area (Å²) >= 11 is 0. The van der Waals surface area contributed by atoms with Gasteiger partial charge in [0, 0.05) is 31.5 Å². The van der Waals surface area contributed by atoms with E-state index >= 15 is 0 Å². The van der Waals surface area contributed by atoms with Crippen molar-refractivity contribution in [2.75, 3.05) is 13.1 Å². The molecule has 3 rings (SSSR count). The highest BCUT2D eigenvalue weighted by atomic mass is 16.5. The second-order valence-electron chi connectivity index (χ2n) is 5.69. The molecule has 1 atom stereocenters. The lowest BCUT2D eigenvalue weighted by Gasteiger charge is -2.32. The Balaban J connectivity index is 1.63. The van der Waals surface area contributed by atoms with Gasteiger partial charge in [-0.1, -0.05) is 6.07 Å². The average Bonchev–Trinajstić information content (AvgIpc) is 2.59. The van der Waals surface area contributed by atoms with Gasteiger partial charge in [-0.15, -0.1) is 0 Å². The Hall–Kier alpha value is -2.74. The third-order valence-corrected chi connectivity index (χ3v) is 3.86. The summed E-state index contributed by atoms with van der Waals surface area (Å²) in [6, 6.07) is 4.88. The number of ether oxygens (including phenoxy) is 1. The first-order valence-electron chi connectivity index (χ1n) is 7.75. The van der Waals surface area contributed by atoms with Gasteiger partial charge in [0.2, 0.25) is 0 Å². The molecule has 8 heteroatoms. The molecule has 2 aromatic heterocycles. The summed E-state index contributed by atoms with van der Waals surface area (Å²) < 4.78 is 5.86. The Morgan fingerprint density at radius 2 is 2.25 bits per heavy atom. The Morgan fingerprint density at radius 1 is 1.38 bits per heavy atom. The van der Waals surface area contributed by atoms with Gasteiger partial charge in [0.15, 0.2) is 0 Å². The summed E-state index contributed by atoms with van der Waals surface area (Å²) in [4.78, 5) is 45.2. The normalized spacial score (nSPS) is 17.7. The zero-order valence-corrected chi connectivity index (χ0v) is 13.0. The average molecular weight is 330 g/mol. The van der Waals surface area contributed by atoms with Gasteiger partial charge in [0.1, 0.15) is 5.69 Å². The highest BCUT2D eigenvalue weighted by Gasteiger charge is 2.25. The summed E-state index contributed by atoms with van der Waals surface area (Å²) in [7, 11) is 0. The van der Waals surface area contributed by atoms with Crippen LogP contribution in [0.4, 0.5) is 0 Å². The van der Waals surface area contributed by atoms with E-state index in [1.807, 2.05) is 17.1 Å². The summed E-state index contributed by atoms with van der Waals surface area (Å²) in [6.07, 6.45) is 5.02. The van der Waals surface area contributed by atoms with Crippen LogP contribution in [0.2, 0.25) is 0 Å². The molecule has 2 N–H and O–H groups in total. The van der Waals surface area contributed by atoms with E-state index in [0.717, 1.165) is 24.5 Å². The van der Waals surface area contributed by atoms with Crippen LogP contribution in [0.1, 0.15) is 28.9 Å². The molecule has 0 bridgehead atoms. The van der Waals surface area contributed by atoms with E-state index in [1.54, 1.807) is 17.3 Å². The fourth-order valence-corrected chi connectivity index (χ4v) is 2.71. The Bertz CT molecular complexity index is 786. The number of piperidine rings is 1. The van der Waals surface area contributed by atoms with Crippen molar-refractivity contribution in [3.8, 4) is 0 Å². The Morgan fingerprint density at radius 3 is 3.00 bits per heavy atom. The Labute approximate surface area is 137 Å². The number of pyridine rings is 1. The van der Waals surface area contributed by atoms with E-state index in [0.29, 0.717) is 19.7 Å². The zero-order valence-electron chi connectivity index (χ0n) is 13.0. The first kappa shape index (κ1) is 16.1. The maximum absolute atomic E-state index is 12.5. The number of likely N-dealkylation sites (tertiary alicyclic amines) is 1. The van der Waals surface area contributed by atoms with Crippen LogP contribution < -0.4 is 11.2 Å². The molecule has 2 aromatic rings. The molecular weight excluding hydrogens is 312 g/mol. The standard InChI is InChI=1S/C16H18N4O4/c21-14-7-13(18-16(23)19-14)15(22)20-6-2-4-12(9-20)24-10-11-3-1-5-17-8-11/h1,3,5,7-8,12H,2,4,6,9-10H2,(H2,18,19,21,23)/t12-/m1/s1. The Kier molecular flexibility index (Phi) is 4.85. The SMILES string of the molecule is O=C(c1cc(=O)[nH]c(=O)[nH]1)N1CCC[C@@H](OCc2cccnc2)C1. The predicted molar refractivity (Wildman–Crippen MR) is 85.6 cm³/mol. The minimum Gasteiger partial charge on any atom is -0.372 e. The lowest BCUT2D eigenvalue weighted by atomic mass is 10.1. The van der Waals surface area contributed by atoms with Gasteiger partial charge >= 0.3 is 5.69 Å². The number of hydrogen-bond acceptors (Lipinski definition) is 5. The van der Waals surface area contributed by atoms with Crippen LogP contribution in [0.15, 0.2) is 40.2 Å². The van der Waals surface area contributed by atoms with Crippen molar-refractivity contribution in [1.29, 1.82) is 0 Å². The quantitative estimate of drug-likeness (QED) is 0.837. The molecular formula is C16H18N4O4. The van der Waals surface area contributed by atoms with Gasteiger partial charge in [0.05, 0.1) is 12.7 Å². The number of aromatic amines is 2. The maximum atomic E-state index is 12.5. The van der Waals surface area contributed by atoms with Crippen LogP contribution >= 0.6 is 0 Å². The lowest BCUT2D eigenvalue weighted by molar-refractivity contribution is -0.00699. The molecule has 8 nitrogen and oxygen atoms in total. The number of nitrogens with zero attached hydrogens (tertiary/aromatic N) is 2. The third-order valence-electron chi connectivity index (χ3n) is 3.86. The summed E-state index contributed by atoms with van der Waals surface area (Å²) in [6.45, 7) is 1.43. The number of aromatic nitrogens is 3. The minimum absolute atomic E-state index is 0.00309. The van der Waals surface area contributed by atoms with Crippen molar-refractivity contribution in [3.63, 3.8) is 0 Å². The topological polar surface area (TPSA) is 108 Å². The van der Waals surface area contributed by atoms with Crippen molar-refractivity contribution < 1.29 is 9.53 Å². The van der Waals surface area contributed by atoms with E-state index in [9.17, 15) is 14.4 Å². The number of nitrogens with one attached hydrogen (secondary N) is 2. The van der Waals surface area contributed by atoms with Crippen LogP contribution in [0.5, 0.6) is 0 Å². The monoisotopic (exact) mass is 330 g/mol. The van der Waals surface area contributed by atoms with Crippen molar-refractivity contribution in [3.05, 3.63) is 62.7 Å². The van der Waals surface area contributed by atoms with Gasteiger partial charge in [-0.2, -0.15) is 0 Å². The van der Waals surface area contributed by atoms with Crippen LogP contribution in [-0.4, -0.2) is 45.0 Å². The predicted octanol–water partition coefficient (Wildman–Crippen LogP) is 0.280. The van der Waals surface area contributed by atoms with Gasteiger partial charge < -0.3 is 14.6 Å². The molecule has 0 radical (unpaired) electrons. The molecule has 1 aliphatic rings. The summed E-state index contributed by atoms with van der Waals surface area (Å²) in [5, 5.41) is 0. The van der Waals surface area contributed by atoms with Crippen molar-refractivity contribution in [2.24, 2.45) is 0 Å². The van der Waals surface area contributed by atoms with Gasteiger partial charge in [0.25, 0.3) is 11.5 Å². The molecule has 126 valence electrons. The second-order valence-corrected chi connectivity index (χ2v) is 5.69. The molecule has 0 spiro atoms. The smallest absolute Gasteiger partial charge is 0.326 e. The molecule has 0 saturated carbocycles. The molecule has 1 amide bonds. The number of H-pyrrole nitrogens is 2. The molecule has 0 aliphatic carbocycles. The molecule has 1 aliphatic heterocycles. The number of hydrogen-bond donors (Lipinski definition) is 2. The molecule has 3 heterocycles. The second kappa shape index (κ2) is 7.22. The van der Waals surface area contributed by atoms with Crippen molar-refractivity contribution in [2.45, 2.75) is 25.6 Å². The molecule has 0 unspecified atom stereocenters. The maximum Gasteiger partial charge on any atom is 0.326 e. The number of carbonyl (C=O) groups is 1. The van der Waals surface area contributed by atoms with E-state index in [4.69, 9.17) is 4.74 Å². The fourth-order valence-electron chi connectivity index (χ4n) is 2.71. The van der Waals surface area contributed by atoms with E-state index in [-0.39, 0.29) is 17.7 Å². The van der Waals surface area contributed by atoms with Gasteiger partial charge in [-0.3, -0.25) is 19.6 Å². The number of carbonyl (C=O) groups excluding carboxylic acids is 1. The summed E-state index contributed by atoms with van der Waals surface area (Å²) in [5.74, 6) is -0.368. The number of rotatable bonds is 4. The number of amides is 1. The zero-order chi connectivity index (χ0) is 16.9. The summed E-state index contributed by atoms with van der Waals surface area (Å²) in [5.41, 5.74) is -0.313. The highest BCUT2D eigenvalue weighted by molar-refractivity contribution is 5.92. The molecule has 1 fully saturated rings. The first-order chi connectivity index (χ1) is 11.6. The van der Waals surface area contributed by atoms with E-state index < -0.39 is 11.2 Å². The largest absolute Gasteiger partial charge is 0.372 e. The lowest BCUT2D eigenvalue weighted by Crippen LogP contribution is -2.44. The van der Waals surface area contributed by atoms with Crippen molar-refractivity contribution in [1.82, 2.24) is 19.9 Å². The van der Waals surface area contributed by atoms with Crippen molar-refractivity contribution >= 4 is 5.91 Å².